The number of carbonyl (C=O) groups excluding carboxylic acids is 2. The van der Waals surface area contributed by atoms with E-state index in [1.165, 1.54) is 46.2 Å². The minimum atomic E-state index is -4.45. The Morgan fingerprint density at radius 1 is 1.12 bits per heavy atom. The number of thioether (sulfide) groups is 1. The largest absolute Gasteiger partial charge is 0.443 e. The molecule has 0 unspecified atom stereocenters. The van der Waals surface area contributed by atoms with Crippen molar-refractivity contribution in [1.82, 2.24) is 9.80 Å². The van der Waals surface area contributed by atoms with Crippen LogP contribution in [-0.4, -0.2) is 81.2 Å². The first-order chi connectivity index (χ1) is 22.1. The molecule has 1 aliphatic carbocycles. The molecule has 9 nitrogen and oxygen atoms in total. The predicted octanol–water partition coefficient (Wildman–Crippen LogP) is 7.28. The molecule has 1 fully saturated rings. The van der Waals surface area contributed by atoms with Crippen LogP contribution in [0.15, 0.2) is 63.6 Å². The lowest BCUT2D eigenvalue weighted by Crippen LogP contribution is -2.48. The van der Waals surface area contributed by atoms with Gasteiger partial charge >= 0.3 is 6.09 Å². The molecular weight excluding hydrogens is 677 g/mol. The van der Waals surface area contributed by atoms with Crippen LogP contribution in [0.5, 0.6) is 0 Å². The van der Waals surface area contributed by atoms with Gasteiger partial charge in [0.2, 0.25) is 20.9 Å². The van der Waals surface area contributed by atoms with Crippen molar-refractivity contribution in [1.29, 1.82) is 0 Å². The summed E-state index contributed by atoms with van der Waals surface area (Å²) in [6.07, 6.45) is 0.426. The van der Waals surface area contributed by atoms with Crippen LogP contribution in [0.4, 0.5) is 13.6 Å². The monoisotopic (exact) mass is 721 g/mol. The van der Waals surface area contributed by atoms with E-state index in [0.717, 1.165) is 29.9 Å². The summed E-state index contributed by atoms with van der Waals surface area (Å²) in [5.74, 6) is -1.39. The number of carbonyl (C=O) groups is 2. The van der Waals surface area contributed by atoms with Crippen molar-refractivity contribution in [2.75, 3.05) is 27.4 Å². The van der Waals surface area contributed by atoms with Crippen LogP contribution >= 0.6 is 11.8 Å². The molecule has 1 aliphatic heterocycles. The SMILES string of the molecule is CN(C)C(=O)[C@]12C[C@H]1[C@@](C)(c1cc(/C=C(\F)S(=O)(=O)c3ccccc3)ccc1F)N=C(N(COCC[Si](C)(C)C)C(=O)OC(C)(C)C)S2. The number of nitrogens with zero attached hydrogens (tertiary/aromatic N) is 3. The van der Waals surface area contributed by atoms with Crippen LogP contribution < -0.4 is 0 Å². The summed E-state index contributed by atoms with van der Waals surface area (Å²) >= 11 is 1.13. The normalized spacial score (nSPS) is 22.8. The summed E-state index contributed by atoms with van der Waals surface area (Å²) in [6.45, 7) is 13.7. The summed E-state index contributed by atoms with van der Waals surface area (Å²) in [5.41, 5.74) is -2.15. The van der Waals surface area contributed by atoms with Crippen molar-refractivity contribution in [3.63, 3.8) is 0 Å². The number of benzene rings is 2. The molecule has 48 heavy (non-hydrogen) atoms. The molecule has 4 rings (SSSR count). The molecule has 2 aliphatic rings. The van der Waals surface area contributed by atoms with Crippen molar-refractivity contribution in [3.05, 3.63) is 70.6 Å². The molecule has 2 aromatic rings. The van der Waals surface area contributed by atoms with Gasteiger partial charge in [-0.15, -0.1) is 0 Å². The lowest BCUT2D eigenvalue weighted by atomic mass is 9.84. The van der Waals surface area contributed by atoms with Gasteiger partial charge in [0.15, 0.2) is 5.17 Å². The number of halogens is 2. The Labute approximate surface area is 287 Å². The van der Waals surface area contributed by atoms with Gasteiger partial charge in [-0.05, 0) is 76.1 Å². The zero-order chi connectivity index (χ0) is 35.9. The minimum absolute atomic E-state index is 0.0289. The summed E-state index contributed by atoms with van der Waals surface area (Å²) in [4.78, 5) is 34.8. The van der Waals surface area contributed by atoms with E-state index in [0.29, 0.717) is 13.0 Å². The Hall–Kier alpha value is -3.07. The maximum Gasteiger partial charge on any atom is 0.418 e. The third-order valence-electron chi connectivity index (χ3n) is 8.15. The molecular formula is C34H45F2N3O6S2Si. The van der Waals surface area contributed by atoms with Crippen LogP contribution in [0.25, 0.3) is 6.08 Å². The number of fused-ring (bicyclic) bond motifs is 1. The van der Waals surface area contributed by atoms with Gasteiger partial charge < -0.3 is 14.4 Å². The average Bonchev–Trinajstić information content (AvgIpc) is 3.73. The number of hydrogen-bond acceptors (Lipinski definition) is 8. The lowest BCUT2D eigenvalue weighted by Gasteiger charge is -2.38. The first-order valence-corrected chi connectivity index (χ1v) is 21.7. The smallest absolute Gasteiger partial charge is 0.418 e. The molecule has 0 bridgehead atoms. The van der Waals surface area contributed by atoms with Crippen LogP contribution in [0, 0.1) is 11.7 Å². The van der Waals surface area contributed by atoms with Crippen LogP contribution in [0.2, 0.25) is 25.7 Å². The average molecular weight is 722 g/mol. The second-order valence-electron chi connectivity index (χ2n) is 14.8. The van der Waals surface area contributed by atoms with Crippen molar-refractivity contribution in [2.45, 2.75) is 80.6 Å². The van der Waals surface area contributed by atoms with E-state index in [4.69, 9.17) is 14.5 Å². The third-order valence-corrected chi connectivity index (χ3v) is 12.9. The Morgan fingerprint density at radius 3 is 2.35 bits per heavy atom. The molecule has 2 amide bonds. The predicted molar refractivity (Wildman–Crippen MR) is 188 cm³/mol. The molecule has 0 radical (unpaired) electrons. The van der Waals surface area contributed by atoms with E-state index in [2.05, 4.69) is 19.6 Å². The highest BCUT2D eigenvalue weighted by Crippen LogP contribution is 2.67. The van der Waals surface area contributed by atoms with Gasteiger partial charge in [-0.3, -0.25) is 9.79 Å². The maximum absolute atomic E-state index is 15.9. The first-order valence-electron chi connectivity index (χ1n) is 15.7. The standard InChI is InChI=1S/C34H45F2N3O6S2Si/c1-32(2,3)45-31(41)39(22-44-17-18-48(7,8)9)30-37-33(4,27-21-34(27,46-30)29(40)38(5)6)25-19-23(15-16-26(25)35)20-28(36)47(42,43)24-13-11-10-12-14-24/h10-16,19-20,27H,17-18,21-22H2,1-9H3/b28-20+/t27-,33+,34-/m0/s1. The number of hydrogen-bond donors (Lipinski definition) is 0. The van der Waals surface area contributed by atoms with Gasteiger partial charge in [0.1, 0.15) is 22.9 Å². The number of ether oxygens (including phenoxy) is 2. The minimum Gasteiger partial charge on any atom is -0.443 e. The van der Waals surface area contributed by atoms with Crippen LogP contribution in [0.1, 0.15) is 45.2 Å². The summed E-state index contributed by atoms with van der Waals surface area (Å²) in [7, 11) is -2.65. The van der Waals surface area contributed by atoms with Gasteiger partial charge in [-0.25, -0.2) is 22.5 Å². The Morgan fingerprint density at radius 2 is 1.77 bits per heavy atom. The van der Waals surface area contributed by atoms with Crippen molar-refractivity contribution in [3.8, 4) is 0 Å². The van der Waals surface area contributed by atoms with Gasteiger partial charge in [0.25, 0.3) is 0 Å². The zero-order valence-corrected chi connectivity index (χ0v) is 31.6. The maximum atomic E-state index is 15.9. The molecule has 0 saturated heterocycles. The van der Waals surface area contributed by atoms with Gasteiger partial charge in [-0.1, -0.05) is 55.7 Å². The molecule has 2 aromatic carbocycles. The number of amidine groups is 1. The van der Waals surface area contributed by atoms with Crippen molar-refractivity contribution < 1.29 is 36.3 Å². The van der Waals surface area contributed by atoms with E-state index < -0.39 is 56.8 Å². The Kier molecular flexibility index (Phi) is 10.8. The molecule has 0 N–H and O–H groups in total. The summed E-state index contributed by atoms with van der Waals surface area (Å²) in [6, 6.07) is 11.8. The summed E-state index contributed by atoms with van der Waals surface area (Å²) in [5, 5.41) is -1.28. The van der Waals surface area contributed by atoms with E-state index in [1.807, 2.05) is 0 Å². The van der Waals surface area contributed by atoms with Crippen LogP contribution in [0.3, 0.4) is 0 Å². The van der Waals surface area contributed by atoms with Crippen molar-refractivity contribution >= 4 is 52.9 Å². The third kappa shape index (κ3) is 8.20. The van der Waals surface area contributed by atoms with Gasteiger partial charge in [-0.2, -0.15) is 4.39 Å². The molecule has 1 heterocycles. The highest BCUT2D eigenvalue weighted by Gasteiger charge is 2.71. The number of amides is 2. The fourth-order valence-electron chi connectivity index (χ4n) is 5.47. The highest BCUT2D eigenvalue weighted by molar-refractivity contribution is 8.16. The Balaban J connectivity index is 1.82. The van der Waals surface area contributed by atoms with Gasteiger partial charge in [0.05, 0.1) is 10.4 Å². The topological polar surface area (TPSA) is 106 Å². The summed E-state index contributed by atoms with van der Waals surface area (Å²) < 4.78 is 67.6. The van der Waals surface area contributed by atoms with Gasteiger partial charge in [0, 0.05) is 40.3 Å². The number of aliphatic imine (C=N–C) groups is 1. The number of sulfone groups is 1. The number of rotatable bonds is 10. The highest BCUT2D eigenvalue weighted by atomic mass is 32.2. The fourth-order valence-corrected chi connectivity index (χ4v) is 8.95. The van der Waals surface area contributed by atoms with Crippen molar-refractivity contribution in [2.24, 2.45) is 10.9 Å². The molecule has 3 atom stereocenters. The Bertz CT molecular complexity index is 1720. The molecule has 14 heteroatoms. The quantitative estimate of drug-likeness (QED) is 0.144. The molecule has 1 saturated carbocycles. The van der Waals surface area contributed by atoms with E-state index in [1.54, 1.807) is 47.9 Å². The van der Waals surface area contributed by atoms with E-state index in [9.17, 15) is 18.0 Å². The first kappa shape index (κ1) is 37.7. The van der Waals surface area contributed by atoms with E-state index >= 15 is 8.78 Å². The van der Waals surface area contributed by atoms with Crippen LogP contribution in [-0.2, 0) is 29.6 Å². The van der Waals surface area contributed by atoms with E-state index in [-0.39, 0.29) is 33.8 Å². The molecule has 0 aromatic heterocycles. The zero-order valence-electron chi connectivity index (χ0n) is 29.0. The fraction of sp³-hybridized carbons (Fsp3) is 0.500. The second-order valence-corrected chi connectivity index (χ2v) is 23.5. The lowest BCUT2D eigenvalue weighted by molar-refractivity contribution is -0.129. The molecule has 0 spiro atoms. The second kappa shape index (κ2) is 13.7. The molecule has 262 valence electrons.